The third-order valence-electron chi connectivity index (χ3n) is 4.36. The summed E-state index contributed by atoms with van der Waals surface area (Å²) in [6, 6.07) is 14.6. The molecule has 0 spiro atoms. The highest BCUT2D eigenvalue weighted by Crippen LogP contribution is 2.32. The summed E-state index contributed by atoms with van der Waals surface area (Å²) >= 11 is 0. The minimum atomic E-state index is -4.44. The molecule has 3 rings (SSSR count). The molecule has 0 fully saturated rings. The van der Waals surface area contributed by atoms with Crippen molar-refractivity contribution in [1.82, 2.24) is 4.57 Å². The number of aryl methyl sites for hydroxylation is 1. The molecule has 2 aromatic carbocycles. The summed E-state index contributed by atoms with van der Waals surface area (Å²) in [6.45, 7) is 1.92. The van der Waals surface area contributed by atoms with E-state index >= 15 is 0 Å². The van der Waals surface area contributed by atoms with Crippen LogP contribution >= 0.6 is 0 Å². The molecule has 2 nitrogen and oxygen atoms in total. The third kappa shape index (κ3) is 3.03. The number of para-hydroxylation sites is 1. The molecule has 0 unspecified atom stereocenters. The number of nitriles is 1. The van der Waals surface area contributed by atoms with Gasteiger partial charge in [-0.1, -0.05) is 30.3 Å². The van der Waals surface area contributed by atoms with Crippen molar-refractivity contribution >= 4 is 22.6 Å². The molecule has 0 aliphatic carbocycles. The van der Waals surface area contributed by atoms with Gasteiger partial charge in [-0.15, -0.1) is 0 Å². The van der Waals surface area contributed by atoms with Gasteiger partial charge in [0.1, 0.15) is 0 Å². The lowest BCUT2D eigenvalue weighted by Crippen LogP contribution is -2.04. The van der Waals surface area contributed by atoms with Gasteiger partial charge >= 0.3 is 6.18 Å². The summed E-state index contributed by atoms with van der Waals surface area (Å²) < 4.78 is 40.8. The van der Waals surface area contributed by atoms with Crippen LogP contribution < -0.4 is 0 Å². The highest BCUT2D eigenvalue weighted by atomic mass is 19.4. The molecule has 0 atom stereocenters. The smallest absolute Gasteiger partial charge is 0.347 e. The maximum atomic E-state index is 12.9. The van der Waals surface area contributed by atoms with Gasteiger partial charge in [-0.2, -0.15) is 18.4 Å². The molecular formula is C20H15F3N2. The standard InChI is InChI=1S/C20H15F3N2/c1-13-18(17-8-3-4-9-19(17)25(13)2)11-15(12-24)14-6-5-7-16(10-14)20(21,22)23/h3-11H,1-2H3/b15-11+. The van der Waals surface area contributed by atoms with Gasteiger partial charge in [-0.3, -0.25) is 0 Å². The van der Waals surface area contributed by atoms with Crippen LogP contribution in [-0.2, 0) is 13.2 Å². The number of aromatic nitrogens is 1. The number of rotatable bonds is 2. The molecule has 0 N–H and O–H groups in total. The normalized spacial score (nSPS) is 12.4. The predicted molar refractivity (Wildman–Crippen MR) is 92.6 cm³/mol. The van der Waals surface area contributed by atoms with E-state index in [2.05, 4.69) is 0 Å². The second kappa shape index (κ2) is 6.14. The van der Waals surface area contributed by atoms with E-state index in [1.807, 2.05) is 48.9 Å². The fraction of sp³-hybridized carbons (Fsp3) is 0.150. The van der Waals surface area contributed by atoms with Gasteiger partial charge in [0.15, 0.2) is 0 Å². The monoisotopic (exact) mass is 340 g/mol. The van der Waals surface area contributed by atoms with Crippen molar-refractivity contribution in [3.63, 3.8) is 0 Å². The Balaban J connectivity index is 2.18. The van der Waals surface area contributed by atoms with Crippen LogP contribution in [0.4, 0.5) is 13.2 Å². The van der Waals surface area contributed by atoms with E-state index in [0.29, 0.717) is 0 Å². The van der Waals surface area contributed by atoms with Crippen molar-refractivity contribution in [3.05, 3.63) is 70.9 Å². The molecular weight excluding hydrogens is 325 g/mol. The lowest BCUT2D eigenvalue weighted by atomic mass is 10.0. The molecule has 25 heavy (non-hydrogen) atoms. The average molecular weight is 340 g/mol. The van der Waals surface area contributed by atoms with Crippen molar-refractivity contribution < 1.29 is 13.2 Å². The number of hydrogen-bond acceptors (Lipinski definition) is 1. The predicted octanol–water partition coefficient (Wildman–Crippen LogP) is 5.57. The Morgan fingerprint density at radius 3 is 2.52 bits per heavy atom. The van der Waals surface area contributed by atoms with E-state index in [9.17, 15) is 18.4 Å². The number of benzene rings is 2. The maximum absolute atomic E-state index is 12.9. The summed E-state index contributed by atoms with van der Waals surface area (Å²) in [5.41, 5.74) is 2.48. The van der Waals surface area contributed by atoms with Crippen LogP contribution in [0.2, 0.25) is 0 Å². The Bertz CT molecular complexity index is 1020. The lowest BCUT2D eigenvalue weighted by Gasteiger charge is -2.08. The number of nitrogens with zero attached hydrogens (tertiary/aromatic N) is 2. The summed E-state index contributed by atoms with van der Waals surface area (Å²) in [6.07, 6.45) is -2.78. The first-order chi connectivity index (χ1) is 11.8. The van der Waals surface area contributed by atoms with Gasteiger partial charge in [0, 0.05) is 29.2 Å². The molecule has 1 heterocycles. The molecule has 1 aromatic heterocycles. The van der Waals surface area contributed by atoms with Crippen LogP contribution in [0.5, 0.6) is 0 Å². The molecule has 3 aromatic rings. The van der Waals surface area contributed by atoms with Crippen LogP contribution in [-0.4, -0.2) is 4.57 Å². The average Bonchev–Trinajstić information content (AvgIpc) is 2.84. The van der Waals surface area contributed by atoms with E-state index in [1.54, 1.807) is 6.08 Å². The fourth-order valence-corrected chi connectivity index (χ4v) is 2.92. The summed E-state index contributed by atoms with van der Waals surface area (Å²) in [5, 5.41) is 10.5. The number of halogens is 3. The van der Waals surface area contributed by atoms with Crippen molar-refractivity contribution in [2.45, 2.75) is 13.1 Å². The molecule has 5 heteroatoms. The van der Waals surface area contributed by atoms with Gasteiger partial charge in [0.05, 0.1) is 17.2 Å². The van der Waals surface area contributed by atoms with E-state index < -0.39 is 11.7 Å². The highest BCUT2D eigenvalue weighted by molar-refractivity contribution is 5.99. The van der Waals surface area contributed by atoms with Crippen molar-refractivity contribution in [2.75, 3.05) is 0 Å². The number of allylic oxidation sites excluding steroid dienone is 1. The van der Waals surface area contributed by atoms with E-state index in [0.717, 1.165) is 34.3 Å². The van der Waals surface area contributed by atoms with E-state index in [1.165, 1.54) is 12.1 Å². The second-order valence-corrected chi connectivity index (χ2v) is 5.82. The molecule has 126 valence electrons. The van der Waals surface area contributed by atoms with Crippen LogP contribution in [0.25, 0.3) is 22.6 Å². The Labute approximate surface area is 143 Å². The zero-order chi connectivity index (χ0) is 18.2. The number of fused-ring (bicyclic) bond motifs is 1. The summed E-state index contributed by atoms with van der Waals surface area (Å²) in [5.74, 6) is 0. The van der Waals surface area contributed by atoms with E-state index in [4.69, 9.17) is 0 Å². The van der Waals surface area contributed by atoms with Crippen LogP contribution in [0, 0.1) is 18.3 Å². The Hall–Kier alpha value is -3.00. The van der Waals surface area contributed by atoms with Crippen molar-refractivity contribution in [3.8, 4) is 6.07 Å². The van der Waals surface area contributed by atoms with Crippen LogP contribution in [0.3, 0.4) is 0 Å². The topological polar surface area (TPSA) is 28.7 Å². The highest BCUT2D eigenvalue weighted by Gasteiger charge is 2.30. The minimum absolute atomic E-state index is 0.200. The minimum Gasteiger partial charge on any atom is -0.347 e. The molecule has 0 amide bonds. The molecule has 0 bridgehead atoms. The van der Waals surface area contributed by atoms with Crippen molar-refractivity contribution in [1.29, 1.82) is 5.26 Å². The lowest BCUT2D eigenvalue weighted by molar-refractivity contribution is -0.137. The van der Waals surface area contributed by atoms with Crippen molar-refractivity contribution in [2.24, 2.45) is 7.05 Å². The zero-order valence-corrected chi connectivity index (χ0v) is 13.7. The fourth-order valence-electron chi connectivity index (χ4n) is 2.92. The van der Waals surface area contributed by atoms with Gasteiger partial charge in [0.2, 0.25) is 0 Å². The second-order valence-electron chi connectivity index (χ2n) is 5.82. The number of hydrogen-bond donors (Lipinski definition) is 0. The SMILES string of the molecule is Cc1c(/C=C(\C#N)c2cccc(C(F)(F)F)c2)c2ccccc2n1C. The first-order valence-corrected chi connectivity index (χ1v) is 7.66. The van der Waals surface area contributed by atoms with Gasteiger partial charge in [-0.25, -0.2) is 0 Å². The van der Waals surface area contributed by atoms with Gasteiger partial charge in [-0.05, 0) is 36.8 Å². The molecule has 0 aliphatic rings. The third-order valence-corrected chi connectivity index (χ3v) is 4.36. The zero-order valence-electron chi connectivity index (χ0n) is 13.7. The maximum Gasteiger partial charge on any atom is 0.416 e. The van der Waals surface area contributed by atoms with Crippen LogP contribution in [0.15, 0.2) is 48.5 Å². The Morgan fingerprint density at radius 2 is 1.84 bits per heavy atom. The van der Waals surface area contributed by atoms with Gasteiger partial charge in [0.25, 0.3) is 0 Å². The molecule has 0 aliphatic heterocycles. The summed E-state index contributed by atoms with van der Waals surface area (Å²) in [4.78, 5) is 0. The van der Waals surface area contributed by atoms with E-state index in [-0.39, 0.29) is 11.1 Å². The quantitative estimate of drug-likeness (QED) is 0.561. The molecule has 0 radical (unpaired) electrons. The first-order valence-electron chi connectivity index (χ1n) is 7.66. The largest absolute Gasteiger partial charge is 0.416 e. The first kappa shape index (κ1) is 16.8. The number of alkyl halides is 3. The summed E-state index contributed by atoms with van der Waals surface area (Å²) in [7, 11) is 1.92. The molecule has 0 saturated heterocycles. The van der Waals surface area contributed by atoms with Crippen LogP contribution in [0.1, 0.15) is 22.4 Å². The Morgan fingerprint density at radius 1 is 1.12 bits per heavy atom. The van der Waals surface area contributed by atoms with Gasteiger partial charge < -0.3 is 4.57 Å². The molecule has 0 saturated carbocycles. The Kier molecular flexibility index (Phi) is 4.13.